The highest BCUT2D eigenvalue weighted by molar-refractivity contribution is 7.89. The van der Waals surface area contributed by atoms with E-state index in [0.717, 1.165) is 30.0 Å². The van der Waals surface area contributed by atoms with E-state index < -0.39 is 15.9 Å². The van der Waals surface area contributed by atoms with E-state index in [1.165, 1.54) is 33.8 Å². The lowest BCUT2D eigenvalue weighted by Crippen LogP contribution is -2.35. The first kappa shape index (κ1) is 19.3. The van der Waals surface area contributed by atoms with E-state index in [1.54, 1.807) is 0 Å². The summed E-state index contributed by atoms with van der Waals surface area (Å²) in [4.78, 5) is 16.9. The summed E-state index contributed by atoms with van der Waals surface area (Å²) in [5.41, 5.74) is 0.908. The van der Waals surface area contributed by atoms with Crippen molar-refractivity contribution in [3.8, 4) is 0 Å². The molecule has 0 bridgehead atoms. The highest BCUT2D eigenvalue weighted by atomic mass is 35.5. The van der Waals surface area contributed by atoms with E-state index in [-0.39, 0.29) is 22.0 Å². The normalized spacial score (nSPS) is 15.8. The van der Waals surface area contributed by atoms with Crippen LogP contribution in [0.1, 0.15) is 40.3 Å². The van der Waals surface area contributed by atoms with Crippen LogP contribution in [0.2, 0.25) is 5.02 Å². The first-order chi connectivity index (χ1) is 12.4. The van der Waals surface area contributed by atoms with E-state index in [0.29, 0.717) is 13.1 Å². The Morgan fingerprint density at radius 1 is 1.31 bits per heavy atom. The molecule has 0 spiro atoms. The fourth-order valence-corrected chi connectivity index (χ4v) is 5.21. The Balaban J connectivity index is 1.79. The Bertz CT molecular complexity index is 906. The molecule has 1 aliphatic heterocycles. The molecule has 1 aliphatic rings. The molecule has 3 rings (SSSR count). The minimum absolute atomic E-state index is 0.0958. The fraction of sp³-hybridized carbons (Fsp3) is 0.412. The van der Waals surface area contributed by atoms with Gasteiger partial charge in [0.05, 0.1) is 32.7 Å². The summed E-state index contributed by atoms with van der Waals surface area (Å²) >= 11 is 7.63. The number of carbonyl (C=O) groups is 1. The standard InChI is InChI=1S/C17H20ClN3O3S2/c1-12-20-13(11-25-12)10-19-17(22)15-9-14(5-6-16(15)18)26(23,24)21-7-3-2-4-8-21/h5-6,9,11H,2-4,7-8,10H2,1H3,(H,19,22). The van der Waals surface area contributed by atoms with Crippen molar-refractivity contribution in [1.82, 2.24) is 14.6 Å². The van der Waals surface area contributed by atoms with Crippen LogP contribution in [0.15, 0.2) is 28.5 Å². The molecular formula is C17H20ClN3O3S2. The first-order valence-electron chi connectivity index (χ1n) is 8.37. The summed E-state index contributed by atoms with van der Waals surface area (Å²) in [5, 5.41) is 5.75. The number of halogens is 1. The van der Waals surface area contributed by atoms with Crippen LogP contribution in [0, 0.1) is 6.92 Å². The largest absolute Gasteiger partial charge is 0.346 e. The molecule has 1 fully saturated rings. The summed E-state index contributed by atoms with van der Waals surface area (Å²) in [7, 11) is -3.61. The van der Waals surface area contributed by atoms with Gasteiger partial charge in [-0.05, 0) is 38.0 Å². The quantitative estimate of drug-likeness (QED) is 0.816. The number of sulfonamides is 1. The highest BCUT2D eigenvalue weighted by Gasteiger charge is 2.27. The minimum Gasteiger partial charge on any atom is -0.346 e. The van der Waals surface area contributed by atoms with Crippen LogP contribution in [0.5, 0.6) is 0 Å². The summed E-state index contributed by atoms with van der Waals surface area (Å²) in [5.74, 6) is -0.420. The van der Waals surface area contributed by atoms with Gasteiger partial charge in [0.25, 0.3) is 5.91 Å². The number of rotatable bonds is 5. The number of thiazole rings is 1. The average molecular weight is 414 g/mol. The van der Waals surface area contributed by atoms with Crippen molar-refractivity contribution in [2.45, 2.75) is 37.6 Å². The van der Waals surface area contributed by atoms with Gasteiger partial charge >= 0.3 is 0 Å². The molecule has 1 aromatic heterocycles. The predicted molar refractivity (Wildman–Crippen MR) is 102 cm³/mol. The number of aromatic nitrogens is 1. The van der Waals surface area contributed by atoms with Crippen molar-refractivity contribution < 1.29 is 13.2 Å². The zero-order chi connectivity index (χ0) is 18.7. The van der Waals surface area contributed by atoms with Crippen molar-refractivity contribution in [3.63, 3.8) is 0 Å². The van der Waals surface area contributed by atoms with Gasteiger partial charge in [-0.2, -0.15) is 4.31 Å². The zero-order valence-corrected chi connectivity index (χ0v) is 16.8. The number of aryl methyl sites for hydroxylation is 1. The lowest BCUT2D eigenvalue weighted by Gasteiger charge is -2.26. The maximum atomic E-state index is 12.8. The van der Waals surface area contributed by atoms with Gasteiger partial charge in [0, 0.05) is 18.5 Å². The highest BCUT2D eigenvalue weighted by Crippen LogP contribution is 2.25. The molecule has 1 saturated heterocycles. The molecule has 0 atom stereocenters. The van der Waals surface area contributed by atoms with Crippen LogP contribution in [-0.2, 0) is 16.6 Å². The first-order valence-corrected chi connectivity index (χ1v) is 11.1. The molecule has 0 radical (unpaired) electrons. The Morgan fingerprint density at radius 3 is 2.69 bits per heavy atom. The van der Waals surface area contributed by atoms with Crippen LogP contribution in [0.4, 0.5) is 0 Å². The molecule has 9 heteroatoms. The SMILES string of the molecule is Cc1nc(CNC(=O)c2cc(S(=O)(=O)N3CCCCC3)ccc2Cl)cs1. The topological polar surface area (TPSA) is 79.4 Å². The zero-order valence-electron chi connectivity index (χ0n) is 14.4. The van der Waals surface area contributed by atoms with Crippen molar-refractivity contribution in [3.05, 3.63) is 44.9 Å². The second kappa shape index (κ2) is 8.04. The van der Waals surface area contributed by atoms with Gasteiger partial charge in [-0.3, -0.25) is 4.79 Å². The predicted octanol–water partition coefficient (Wildman–Crippen LogP) is 3.21. The molecule has 0 saturated carbocycles. The smallest absolute Gasteiger partial charge is 0.253 e. The van der Waals surface area contributed by atoms with Crippen LogP contribution in [0.3, 0.4) is 0 Å². The molecule has 1 amide bonds. The van der Waals surface area contributed by atoms with E-state index >= 15 is 0 Å². The van der Waals surface area contributed by atoms with Gasteiger partial charge < -0.3 is 5.32 Å². The molecule has 1 N–H and O–H groups in total. The maximum absolute atomic E-state index is 12.8. The number of amides is 1. The van der Waals surface area contributed by atoms with Gasteiger partial charge in [-0.1, -0.05) is 18.0 Å². The molecule has 0 unspecified atom stereocenters. The Kier molecular flexibility index (Phi) is 5.96. The number of hydrogen-bond acceptors (Lipinski definition) is 5. The molecule has 140 valence electrons. The van der Waals surface area contributed by atoms with Crippen LogP contribution in [0.25, 0.3) is 0 Å². The van der Waals surface area contributed by atoms with Gasteiger partial charge in [0.1, 0.15) is 0 Å². The van der Waals surface area contributed by atoms with Crippen LogP contribution >= 0.6 is 22.9 Å². The number of nitrogens with zero attached hydrogens (tertiary/aromatic N) is 2. The summed E-state index contributed by atoms with van der Waals surface area (Å²) < 4.78 is 27.1. The van der Waals surface area contributed by atoms with Crippen molar-refractivity contribution in [2.24, 2.45) is 0 Å². The average Bonchev–Trinajstić information content (AvgIpc) is 3.06. The van der Waals surface area contributed by atoms with E-state index in [4.69, 9.17) is 11.6 Å². The maximum Gasteiger partial charge on any atom is 0.253 e. The van der Waals surface area contributed by atoms with Gasteiger partial charge in [0.15, 0.2) is 0 Å². The van der Waals surface area contributed by atoms with Gasteiger partial charge in [-0.15, -0.1) is 11.3 Å². The number of benzene rings is 1. The summed E-state index contributed by atoms with van der Waals surface area (Å²) in [6.45, 7) is 3.18. The molecule has 6 nitrogen and oxygen atoms in total. The van der Waals surface area contributed by atoms with E-state index in [1.807, 2.05) is 12.3 Å². The van der Waals surface area contributed by atoms with E-state index in [2.05, 4.69) is 10.3 Å². The third kappa shape index (κ3) is 4.25. The fourth-order valence-electron chi connectivity index (χ4n) is 2.85. The molecule has 1 aromatic carbocycles. The Labute approximate surface area is 162 Å². The molecule has 2 aromatic rings. The number of hydrogen-bond donors (Lipinski definition) is 1. The third-order valence-corrected chi connectivity index (χ3v) is 7.28. The monoisotopic (exact) mass is 413 g/mol. The second-order valence-corrected chi connectivity index (χ2v) is 9.55. The summed E-state index contributed by atoms with van der Waals surface area (Å²) in [6, 6.07) is 4.26. The second-order valence-electron chi connectivity index (χ2n) is 6.15. The van der Waals surface area contributed by atoms with Crippen LogP contribution in [-0.4, -0.2) is 36.7 Å². The molecule has 26 heavy (non-hydrogen) atoms. The van der Waals surface area contributed by atoms with Crippen molar-refractivity contribution >= 4 is 38.9 Å². The Morgan fingerprint density at radius 2 is 2.04 bits per heavy atom. The van der Waals surface area contributed by atoms with Gasteiger partial charge in [0.2, 0.25) is 10.0 Å². The van der Waals surface area contributed by atoms with Crippen molar-refractivity contribution in [1.29, 1.82) is 0 Å². The van der Waals surface area contributed by atoms with Crippen molar-refractivity contribution in [2.75, 3.05) is 13.1 Å². The minimum atomic E-state index is -3.61. The molecule has 2 heterocycles. The van der Waals surface area contributed by atoms with Crippen LogP contribution < -0.4 is 5.32 Å². The Hall–Kier alpha value is -1.48. The third-order valence-electron chi connectivity index (χ3n) is 4.23. The molecular weight excluding hydrogens is 394 g/mol. The lowest BCUT2D eigenvalue weighted by molar-refractivity contribution is 0.0950. The van der Waals surface area contributed by atoms with E-state index in [9.17, 15) is 13.2 Å². The number of piperidine rings is 1. The van der Waals surface area contributed by atoms with Gasteiger partial charge in [-0.25, -0.2) is 13.4 Å². The number of carbonyl (C=O) groups excluding carboxylic acids is 1. The summed E-state index contributed by atoms with van der Waals surface area (Å²) in [6.07, 6.45) is 2.75. The number of nitrogens with one attached hydrogen (secondary N) is 1. The molecule has 0 aliphatic carbocycles. The lowest BCUT2D eigenvalue weighted by atomic mass is 10.2.